The highest BCUT2D eigenvalue weighted by Gasteiger charge is 2.40. The van der Waals surface area contributed by atoms with E-state index in [-0.39, 0.29) is 59.5 Å². The van der Waals surface area contributed by atoms with Gasteiger partial charge >= 0.3 is 12.1 Å². The number of para-hydroxylation sites is 1. The smallest absolute Gasteiger partial charge is 0.420 e. The molecule has 0 spiro atoms. The number of carbonyl (C=O) groups is 4. The third-order valence-corrected chi connectivity index (χ3v) is 15.9. The lowest BCUT2D eigenvalue weighted by Crippen LogP contribution is -2.47. The Labute approximate surface area is 439 Å². The maximum atomic E-state index is 15.2. The minimum Gasteiger partial charge on any atom is -0.490 e. The monoisotopic (exact) mass is 1060 g/mol. The SMILES string of the molecule is Cn1nc(C2CCC(=O)NC2=O)c2ccnc(N3CCN(CCCOC4CCC(Oc5cccc(-c6ccc(N7CCc8cccc(C(=O)Nc9nc%10ccccc%10s9)c8C7)nc6C(=O)O)c5C(F)(F)F)CC4)CC3)c21. The number of nitrogens with one attached hydrogen (secondary N) is 2. The van der Waals surface area contributed by atoms with Crippen molar-refractivity contribution in [1.29, 1.82) is 0 Å². The van der Waals surface area contributed by atoms with E-state index in [1.165, 1.54) is 41.7 Å². The molecule has 17 nitrogen and oxygen atoms in total. The molecule has 3 fully saturated rings. The minimum atomic E-state index is -4.89. The van der Waals surface area contributed by atoms with Crippen LogP contribution in [0.15, 0.2) is 85.1 Å². The zero-order valence-electron chi connectivity index (χ0n) is 41.6. The normalized spacial score (nSPS) is 19.4. The van der Waals surface area contributed by atoms with Gasteiger partial charge in [-0.1, -0.05) is 47.7 Å². The number of alkyl halides is 3. The molecule has 4 aliphatic rings. The second-order valence-electron chi connectivity index (χ2n) is 19.7. The highest BCUT2D eigenvalue weighted by molar-refractivity contribution is 7.22. The van der Waals surface area contributed by atoms with E-state index in [0.29, 0.717) is 68.1 Å². The largest absolute Gasteiger partial charge is 0.490 e. The number of thiazole rings is 1. The summed E-state index contributed by atoms with van der Waals surface area (Å²) in [6.07, 6.45) is 0.552. The predicted octanol–water partition coefficient (Wildman–Crippen LogP) is 8.61. The molecule has 4 aromatic heterocycles. The van der Waals surface area contributed by atoms with Crippen molar-refractivity contribution in [3.63, 3.8) is 0 Å². The number of pyridine rings is 2. The van der Waals surface area contributed by atoms with Crippen molar-refractivity contribution < 1.29 is 46.9 Å². The molecule has 1 aliphatic carbocycles. The van der Waals surface area contributed by atoms with E-state index in [1.807, 2.05) is 54.4 Å². The molecule has 0 bridgehead atoms. The number of halogens is 3. The number of nitrogens with zero attached hydrogens (tertiary/aromatic N) is 8. The van der Waals surface area contributed by atoms with E-state index in [2.05, 4.69) is 30.4 Å². The van der Waals surface area contributed by atoms with Crippen LogP contribution in [0.1, 0.15) is 94.1 Å². The molecule has 394 valence electrons. The third-order valence-electron chi connectivity index (χ3n) is 14.9. The number of aromatic carboxylic acids is 1. The van der Waals surface area contributed by atoms with Crippen LogP contribution < -0.4 is 25.2 Å². The summed E-state index contributed by atoms with van der Waals surface area (Å²) in [7, 11) is 1.85. The number of fused-ring (bicyclic) bond motifs is 3. The van der Waals surface area contributed by atoms with Gasteiger partial charge in [0, 0.05) is 94.2 Å². The Morgan fingerprint density at radius 1 is 0.855 bits per heavy atom. The van der Waals surface area contributed by atoms with Crippen LogP contribution in [0.2, 0.25) is 0 Å². The van der Waals surface area contributed by atoms with Crippen LogP contribution in [0.25, 0.3) is 32.2 Å². The number of hydrogen-bond acceptors (Lipinski definition) is 14. The highest BCUT2D eigenvalue weighted by Crippen LogP contribution is 2.45. The van der Waals surface area contributed by atoms with Gasteiger partial charge in [-0.25, -0.2) is 19.7 Å². The summed E-state index contributed by atoms with van der Waals surface area (Å²) in [6.45, 7) is 5.20. The number of aryl methyl sites for hydroxylation is 1. The highest BCUT2D eigenvalue weighted by atomic mass is 32.1. The summed E-state index contributed by atoms with van der Waals surface area (Å²) in [5.41, 5.74) is 2.28. The van der Waals surface area contributed by atoms with Gasteiger partial charge in [-0.15, -0.1) is 0 Å². The van der Waals surface area contributed by atoms with E-state index in [4.69, 9.17) is 19.6 Å². The lowest BCUT2D eigenvalue weighted by Gasteiger charge is -2.35. The molecule has 7 heterocycles. The third kappa shape index (κ3) is 10.4. The Morgan fingerprint density at radius 2 is 1.64 bits per heavy atom. The summed E-state index contributed by atoms with van der Waals surface area (Å²) in [6, 6.07) is 21.8. The Kier molecular flexibility index (Phi) is 14.2. The van der Waals surface area contributed by atoms with Crippen LogP contribution in [-0.2, 0) is 40.5 Å². The summed E-state index contributed by atoms with van der Waals surface area (Å²) in [4.78, 5) is 71.1. The Hall–Kier alpha value is -7.49. The zero-order valence-corrected chi connectivity index (χ0v) is 42.5. The van der Waals surface area contributed by atoms with Crippen molar-refractivity contribution in [3.8, 4) is 16.9 Å². The van der Waals surface area contributed by atoms with Gasteiger partial charge < -0.3 is 24.4 Å². The van der Waals surface area contributed by atoms with Gasteiger partial charge in [0.2, 0.25) is 11.8 Å². The first-order chi connectivity index (χ1) is 36.7. The number of amides is 3. The predicted molar refractivity (Wildman–Crippen MR) is 280 cm³/mol. The number of imide groups is 1. The van der Waals surface area contributed by atoms with Gasteiger partial charge in [-0.05, 0) is 98.5 Å². The molecule has 0 radical (unpaired) electrons. The number of carboxylic acid groups (broad SMARTS) is 1. The van der Waals surface area contributed by atoms with Crippen LogP contribution in [0, 0.1) is 0 Å². The average molecular weight is 1060 g/mol. The van der Waals surface area contributed by atoms with Crippen molar-refractivity contribution in [3.05, 3.63) is 119 Å². The lowest BCUT2D eigenvalue weighted by molar-refractivity contribution is -0.139. The summed E-state index contributed by atoms with van der Waals surface area (Å²) < 4.78 is 60.6. The van der Waals surface area contributed by atoms with Crippen molar-refractivity contribution in [2.24, 2.45) is 7.05 Å². The van der Waals surface area contributed by atoms with Gasteiger partial charge in [0.1, 0.15) is 22.6 Å². The van der Waals surface area contributed by atoms with Crippen LogP contribution in [-0.4, -0.2) is 117 Å². The number of aromatic nitrogens is 5. The number of carbonyl (C=O) groups excluding carboxylic acids is 3. The fraction of sp³-hybridized carbons (Fsp3) is 0.382. The molecular weight excluding hydrogens is 1000 g/mol. The van der Waals surface area contributed by atoms with Gasteiger partial charge in [0.15, 0.2) is 16.6 Å². The number of carboxylic acids is 1. The molecule has 7 aromatic rings. The lowest BCUT2D eigenvalue weighted by atomic mass is 9.93. The van der Waals surface area contributed by atoms with Gasteiger partial charge in [-0.2, -0.15) is 18.3 Å². The molecule has 3 amide bonds. The number of anilines is 3. The van der Waals surface area contributed by atoms with Crippen LogP contribution >= 0.6 is 11.3 Å². The fourth-order valence-electron chi connectivity index (χ4n) is 11.1. The first kappa shape index (κ1) is 50.7. The quantitative estimate of drug-likeness (QED) is 0.0691. The average Bonchev–Trinajstić information content (AvgIpc) is 4.04. The molecule has 1 unspecified atom stereocenters. The van der Waals surface area contributed by atoms with Crippen LogP contribution in [0.5, 0.6) is 5.75 Å². The molecule has 21 heteroatoms. The van der Waals surface area contributed by atoms with Gasteiger partial charge in [0.25, 0.3) is 5.91 Å². The van der Waals surface area contributed by atoms with Crippen LogP contribution in [0.4, 0.5) is 29.9 Å². The molecule has 1 atom stereocenters. The topological polar surface area (TPSA) is 197 Å². The molecule has 11 rings (SSSR count). The van der Waals surface area contributed by atoms with Crippen molar-refractivity contribution in [2.75, 3.05) is 61.0 Å². The first-order valence-corrected chi connectivity index (χ1v) is 26.5. The van der Waals surface area contributed by atoms with E-state index < -0.39 is 35.4 Å². The first-order valence-electron chi connectivity index (χ1n) is 25.6. The molecule has 1 saturated carbocycles. The maximum Gasteiger partial charge on any atom is 0.420 e. The number of ether oxygens (including phenoxy) is 2. The molecule has 3 aliphatic heterocycles. The summed E-state index contributed by atoms with van der Waals surface area (Å²) in [5.74, 6) is -2.21. The second kappa shape index (κ2) is 21.3. The Balaban J connectivity index is 0.686. The molecule has 2 saturated heterocycles. The van der Waals surface area contributed by atoms with E-state index in [0.717, 1.165) is 77.2 Å². The van der Waals surface area contributed by atoms with Crippen molar-refractivity contribution in [1.82, 2.24) is 34.9 Å². The molecule has 3 N–H and O–H groups in total. The van der Waals surface area contributed by atoms with Gasteiger partial charge in [0.05, 0.1) is 34.0 Å². The number of benzene rings is 3. The Bertz CT molecular complexity index is 3330. The maximum absolute atomic E-state index is 15.2. The molecular formula is C55H55F3N10O7S. The standard InChI is InChI=1S/C55H55F3N10O7S/c1-65-49-38(47(64-65)39-18-20-45(69)62-52(39)71)21-23-59-50(49)67-28-26-66(27-29-67)24-6-30-74-33-13-15-34(16-14-33)75-42-11-5-8-35(46(42)55(56,57)58)36-17-19-44(61-48(36)53(72)73)68-25-22-32-7-4-9-37(40(32)31-68)51(70)63-54-60-41-10-2-3-12-43(41)76-54/h2-5,7-12,17,19,21,23,33-34,39H,6,13-16,18,20,22,24-31H2,1H3,(H,72,73)(H,60,63,70)(H,62,69,71). The fourth-order valence-corrected chi connectivity index (χ4v) is 12.0. The Morgan fingerprint density at radius 3 is 2.42 bits per heavy atom. The van der Waals surface area contributed by atoms with E-state index in [1.54, 1.807) is 16.9 Å². The van der Waals surface area contributed by atoms with Crippen molar-refractivity contribution in [2.45, 2.75) is 82.2 Å². The number of piperazine rings is 1. The molecule has 76 heavy (non-hydrogen) atoms. The van der Waals surface area contributed by atoms with Crippen molar-refractivity contribution >= 4 is 72.9 Å². The second-order valence-corrected chi connectivity index (χ2v) is 20.7. The van der Waals surface area contributed by atoms with Gasteiger partial charge in [-0.3, -0.25) is 34.6 Å². The summed E-state index contributed by atoms with van der Waals surface area (Å²) >= 11 is 1.36. The molecule has 3 aromatic carbocycles. The number of piperidine rings is 1. The van der Waals surface area contributed by atoms with E-state index in [9.17, 15) is 24.3 Å². The minimum absolute atomic E-state index is 0.0510. The zero-order chi connectivity index (χ0) is 52.7. The number of hydrogen-bond donors (Lipinski definition) is 3. The van der Waals surface area contributed by atoms with Crippen LogP contribution in [0.3, 0.4) is 0 Å². The van der Waals surface area contributed by atoms with E-state index >= 15 is 13.2 Å². The number of rotatable bonds is 14. The summed E-state index contributed by atoms with van der Waals surface area (Å²) in [5, 5.41) is 21.8.